The summed E-state index contributed by atoms with van der Waals surface area (Å²) in [5, 5.41) is 8.55. The number of hydrogen-bond acceptors (Lipinski definition) is 4. The van der Waals surface area contributed by atoms with Gasteiger partial charge < -0.3 is 15.5 Å². The van der Waals surface area contributed by atoms with E-state index >= 15 is 0 Å². The quantitative estimate of drug-likeness (QED) is 0.864. The van der Waals surface area contributed by atoms with Crippen LogP contribution in [0.25, 0.3) is 0 Å². The third-order valence-electron chi connectivity index (χ3n) is 4.51. The number of benzene rings is 1. The smallest absolute Gasteiger partial charge is 0.315 e. The molecule has 7 heteroatoms. The number of fused-ring (bicyclic) bond motifs is 1. The number of nitrogens with one attached hydrogen (secondary N) is 2. The van der Waals surface area contributed by atoms with Gasteiger partial charge in [-0.15, -0.1) is 11.3 Å². The molecule has 1 fully saturated rings. The zero-order valence-electron chi connectivity index (χ0n) is 13.8. The summed E-state index contributed by atoms with van der Waals surface area (Å²) < 4.78 is 0. The number of para-hydroxylation sites is 1. The first-order valence-corrected chi connectivity index (χ1v) is 9.43. The van der Waals surface area contributed by atoms with Gasteiger partial charge in [0.15, 0.2) is 0 Å². The number of nitrogens with zero attached hydrogens (tertiary/aromatic N) is 2. The molecule has 0 saturated heterocycles. The number of anilines is 1. The standard InChI is InChI=1S/C18H20N4O2S/c23-16(22-8-7-12-3-1-2-4-15(12)22)10-20-18(24)19-9-14-11-25-17(21-14)13-5-6-13/h1-4,11,13H,5-10H2,(H2,19,20,24). The molecule has 2 N–H and O–H groups in total. The number of carbonyl (C=O) groups is 2. The highest BCUT2D eigenvalue weighted by atomic mass is 32.1. The Morgan fingerprint density at radius 2 is 2.08 bits per heavy atom. The summed E-state index contributed by atoms with van der Waals surface area (Å²) in [6.45, 7) is 1.05. The van der Waals surface area contributed by atoms with Crippen molar-refractivity contribution < 1.29 is 9.59 Å². The largest absolute Gasteiger partial charge is 0.332 e. The maximum absolute atomic E-state index is 12.3. The van der Waals surface area contributed by atoms with Gasteiger partial charge >= 0.3 is 6.03 Å². The van der Waals surface area contributed by atoms with Crippen LogP contribution in [0.2, 0.25) is 0 Å². The summed E-state index contributed by atoms with van der Waals surface area (Å²) >= 11 is 1.66. The molecule has 130 valence electrons. The number of amides is 3. The molecule has 0 spiro atoms. The second-order valence-electron chi connectivity index (χ2n) is 6.41. The van der Waals surface area contributed by atoms with Gasteiger partial charge in [0, 0.05) is 23.5 Å². The van der Waals surface area contributed by atoms with E-state index in [4.69, 9.17) is 0 Å². The average molecular weight is 356 g/mol. The van der Waals surface area contributed by atoms with Crippen molar-refractivity contribution in [2.45, 2.75) is 31.7 Å². The van der Waals surface area contributed by atoms with E-state index < -0.39 is 0 Å². The molecule has 2 aromatic rings. The fraction of sp³-hybridized carbons (Fsp3) is 0.389. The van der Waals surface area contributed by atoms with Crippen molar-refractivity contribution in [3.63, 3.8) is 0 Å². The lowest BCUT2D eigenvalue weighted by molar-refractivity contribution is -0.117. The van der Waals surface area contributed by atoms with E-state index in [1.165, 1.54) is 23.4 Å². The predicted molar refractivity (Wildman–Crippen MR) is 96.8 cm³/mol. The maximum atomic E-state index is 12.3. The molecular formula is C18H20N4O2S. The Morgan fingerprint density at radius 1 is 1.24 bits per heavy atom. The van der Waals surface area contributed by atoms with Gasteiger partial charge in [-0.2, -0.15) is 0 Å². The number of urea groups is 1. The summed E-state index contributed by atoms with van der Waals surface area (Å²) in [7, 11) is 0. The van der Waals surface area contributed by atoms with Crippen LogP contribution in [0.4, 0.5) is 10.5 Å². The normalized spacial score (nSPS) is 15.8. The molecule has 25 heavy (non-hydrogen) atoms. The number of aromatic nitrogens is 1. The maximum Gasteiger partial charge on any atom is 0.315 e. The van der Waals surface area contributed by atoms with Gasteiger partial charge in [-0.05, 0) is 30.9 Å². The minimum atomic E-state index is -0.346. The SMILES string of the molecule is O=C(NCC(=O)N1CCc2ccccc21)NCc1csc(C2CC2)n1. The van der Waals surface area contributed by atoms with Crippen LogP contribution in [0.1, 0.15) is 35.0 Å². The van der Waals surface area contributed by atoms with Crippen LogP contribution in [0.15, 0.2) is 29.6 Å². The van der Waals surface area contributed by atoms with E-state index in [1.54, 1.807) is 16.2 Å². The van der Waals surface area contributed by atoms with Crippen LogP contribution in [0.3, 0.4) is 0 Å². The first-order valence-electron chi connectivity index (χ1n) is 8.55. The van der Waals surface area contributed by atoms with Gasteiger partial charge in [0.2, 0.25) is 5.91 Å². The first-order chi connectivity index (χ1) is 12.2. The Kier molecular flexibility index (Phi) is 4.40. The molecule has 4 rings (SSSR count). The van der Waals surface area contributed by atoms with E-state index in [9.17, 15) is 9.59 Å². The lowest BCUT2D eigenvalue weighted by Gasteiger charge is -2.17. The molecule has 3 amide bonds. The fourth-order valence-electron chi connectivity index (χ4n) is 3.00. The second-order valence-corrected chi connectivity index (χ2v) is 7.30. The molecule has 1 saturated carbocycles. The third-order valence-corrected chi connectivity index (χ3v) is 5.57. The lowest BCUT2D eigenvalue weighted by atomic mass is 10.2. The Labute approximate surface area is 150 Å². The highest BCUT2D eigenvalue weighted by molar-refractivity contribution is 7.09. The molecule has 1 aromatic carbocycles. The van der Waals surface area contributed by atoms with E-state index in [1.807, 2.05) is 29.6 Å². The van der Waals surface area contributed by atoms with E-state index in [0.29, 0.717) is 19.0 Å². The van der Waals surface area contributed by atoms with Crippen molar-refractivity contribution >= 4 is 29.0 Å². The Balaban J connectivity index is 1.23. The van der Waals surface area contributed by atoms with E-state index in [2.05, 4.69) is 15.6 Å². The van der Waals surface area contributed by atoms with Crippen molar-refractivity contribution in [3.8, 4) is 0 Å². The number of rotatable bonds is 5. The lowest BCUT2D eigenvalue weighted by Crippen LogP contribution is -2.43. The number of hydrogen-bond donors (Lipinski definition) is 2. The van der Waals surface area contributed by atoms with E-state index in [0.717, 1.165) is 17.8 Å². The van der Waals surface area contributed by atoms with Crippen molar-refractivity contribution in [3.05, 3.63) is 45.9 Å². The first kappa shape index (κ1) is 16.1. The monoisotopic (exact) mass is 356 g/mol. The Morgan fingerprint density at radius 3 is 2.92 bits per heavy atom. The van der Waals surface area contributed by atoms with Gasteiger partial charge in [0.05, 0.1) is 23.8 Å². The Bertz CT molecular complexity index is 800. The van der Waals surface area contributed by atoms with Crippen molar-refractivity contribution in [2.24, 2.45) is 0 Å². The van der Waals surface area contributed by atoms with E-state index in [-0.39, 0.29) is 18.5 Å². The predicted octanol–water partition coefficient (Wildman–Crippen LogP) is 2.41. The molecular weight excluding hydrogens is 336 g/mol. The molecule has 0 atom stereocenters. The molecule has 1 aliphatic heterocycles. The topological polar surface area (TPSA) is 74.3 Å². The molecule has 1 aromatic heterocycles. The van der Waals surface area contributed by atoms with Crippen LogP contribution >= 0.6 is 11.3 Å². The third kappa shape index (κ3) is 3.66. The Hall–Kier alpha value is -2.41. The highest BCUT2D eigenvalue weighted by Gasteiger charge is 2.26. The molecule has 0 bridgehead atoms. The van der Waals surface area contributed by atoms with Crippen LogP contribution in [0, 0.1) is 0 Å². The van der Waals surface area contributed by atoms with Gasteiger partial charge in [-0.1, -0.05) is 18.2 Å². The highest BCUT2D eigenvalue weighted by Crippen LogP contribution is 2.41. The van der Waals surface area contributed by atoms with Gasteiger partial charge in [0.1, 0.15) is 0 Å². The van der Waals surface area contributed by atoms with Crippen LogP contribution in [-0.2, 0) is 17.8 Å². The average Bonchev–Trinajstić information content (AvgIpc) is 3.21. The van der Waals surface area contributed by atoms with Crippen molar-refractivity contribution in [1.82, 2.24) is 15.6 Å². The summed E-state index contributed by atoms with van der Waals surface area (Å²) in [4.78, 5) is 30.5. The molecule has 0 radical (unpaired) electrons. The minimum Gasteiger partial charge on any atom is -0.332 e. The summed E-state index contributed by atoms with van der Waals surface area (Å²) in [5.74, 6) is 0.540. The number of thiazole rings is 1. The fourth-order valence-corrected chi connectivity index (χ4v) is 3.99. The molecule has 0 unspecified atom stereocenters. The second kappa shape index (κ2) is 6.84. The summed E-state index contributed by atoms with van der Waals surface area (Å²) in [6.07, 6.45) is 3.31. The van der Waals surface area contributed by atoms with Gasteiger partial charge in [-0.25, -0.2) is 9.78 Å². The van der Waals surface area contributed by atoms with Crippen molar-refractivity contribution in [2.75, 3.05) is 18.0 Å². The van der Waals surface area contributed by atoms with Crippen LogP contribution < -0.4 is 15.5 Å². The zero-order chi connectivity index (χ0) is 17.2. The zero-order valence-corrected chi connectivity index (χ0v) is 14.6. The van der Waals surface area contributed by atoms with Gasteiger partial charge in [0.25, 0.3) is 0 Å². The summed E-state index contributed by atoms with van der Waals surface area (Å²) in [6, 6.07) is 7.54. The minimum absolute atomic E-state index is 0.00937. The molecule has 1 aliphatic carbocycles. The summed E-state index contributed by atoms with van der Waals surface area (Å²) in [5.41, 5.74) is 3.00. The van der Waals surface area contributed by atoms with Crippen LogP contribution in [-0.4, -0.2) is 30.0 Å². The molecule has 6 nitrogen and oxygen atoms in total. The number of carbonyl (C=O) groups excluding carboxylic acids is 2. The van der Waals surface area contributed by atoms with Crippen molar-refractivity contribution in [1.29, 1.82) is 0 Å². The van der Waals surface area contributed by atoms with Crippen LogP contribution in [0.5, 0.6) is 0 Å². The molecule has 2 aliphatic rings. The molecule has 2 heterocycles. The van der Waals surface area contributed by atoms with Gasteiger partial charge in [-0.3, -0.25) is 4.79 Å².